The van der Waals surface area contributed by atoms with E-state index in [-0.39, 0.29) is 16.1 Å². The van der Waals surface area contributed by atoms with E-state index in [1.807, 2.05) is 0 Å². The monoisotopic (exact) mass is 572 g/mol. The van der Waals surface area contributed by atoms with Gasteiger partial charge in [-0.2, -0.15) is 0 Å². The van der Waals surface area contributed by atoms with Crippen LogP contribution in [0.2, 0.25) is 0 Å². The van der Waals surface area contributed by atoms with Crippen LogP contribution >= 0.6 is 11.8 Å². The van der Waals surface area contributed by atoms with Gasteiger partial charge in [-0.15, -0.1) is 4.91 Å². The van der Waals surface area contributed by atoms with E-state index in [0.717, 1.165) is 37.4 Å². The third-order valence-electron chi connectivity index (χ3n) is 6.66. The molecule has 0 heterocycles. The fourth-order valence-electron chi connectivity index (χ4n) is 4.72. The van der Waals surface area contributed by atoms with Gasteiger partial charge >= 0.3 is 0 Å². The number of rotatable bonds is 15. The van der Waals surface area contributed by atoms with Crippen molar-refractivity contribution < 1.29 is 33.7 Å². The number of carbonyl (C=O) groups excluding carboxylic acids is 1. The van der Waals surface area contributed by atoms with Crippen LogP contribution in [-0.2, 0) is 0 Å². The number of nitrogens with one attached hydrogen (secondary N) is 1. The van der Waals surface area contributed by atoms with Crippen molar-refractivity contribution >= 4 is 39.0 Å². The number of ether oxygens (including phenoxy) is 5. The summed E-state index contributed by atoms with van der Waals surface area (Å²) in [5.41, 5.74) is 3.66. The van der Waals surface area contributed by atoms with Gasteiger partial charge in [-0.05, 0) is 41.9 Å². The molecule has 2 N–H and O–H groups in total. The largest absolute Gasteiger partial charge is 0.496 e. The number of benzene rings is 3. The molecule has 0 aliphatic carbocycles. The predicted octanol–water partition coefficient (Wildman–Crippen LogP) is 7.67. The molecule has 0 amide bonds. The quantitative estimate of drug-likeness (QED) is 0.106. The number of nitroso groups, excluding NO2 is 1. The number of hydrogen-bond donors (Lipinski definition) is 2. The normalized spacial score (nSPS) is 11.6. The number of hydrogen-bond acceptors (Lipinski definition) is 11. The molecule has 0 spiro atoms. The van der Waals surface area contributed by atoms with E-state index in [2.05, 4.69) is 17.6 Å². The van der Waals surface area contributed by atoms with E-state index in [4.69, 9.17) is 23.7 Å². The lowest BCUT2D eigenvalue weighted by atomic mass is 9.97. The van der Waals surface area contributed by atoms with E-state index in [9.17, 15) is 14.9 Å². The maximum absolute atomic E-state index is 13.7. The van der Waals surface area contributed by atoms with Crippen molar-refractivity contribution in [3.05, 3.63) is 46.4 Å². The molecule has 0 aromatic heterocycles. The van der Waals surface area contributed by atoms with Gasteiger partial charge in [0.15, 0.2) is 11.5 Å². The third kappa shape index (κ3) is 6.37. The molecule has 40 heavy (non-hydrogen) atoms. The molecular weight excluding hydrogens is 536 g/mol. The summed E-state index contributed by atoms with van der Waals surface area (Å²) in [5.74, 6) is 1.92. The highest BCUT2D eigenvalue weighted by Crippen LogP contribution is 2.51. The number of anilines is 1. The minimum atomic E-state index is -0.359. The molecule has 1 unspecified atom stereocenters. The summed E-state index contributed by atoms with van der Waals surface area (Å²) in [5, 5.41) is 13.2. The zero-order valence-corrected chi connectivity index (χ0v) is 24.5. The number of fused-ring (bicyclic) bond motifs is 1. The maximum Gasteiger partial charge on any atom is 0.220 e. The van der Waals surface area contributed by atoms with Gasteiger partial charge in [0, 0.05) is 16.4 Å². The van der Waals surface area contributed by atoms with Crippen LogP contribution in [-0.4, -0.2) is 45.9 Å². The first-order valence-corrected chi connectivity index (χ1v) is 13.8. The molecule has 3 rings (SSSR count). The minimum Gasteiger partial charge on any atom is -0.496 e. The number of carbonyl (C=O) groups is 1. The molecule has 0 radical (unpaired) electrons. The molecule has 0 bridgehead atoms. The highest BCUT2D eigenvalue weighted by atomic mass is 32.2. The Hall–Kier alpha value is -3.70. The van der Waals surface area contributed by atoms with Crippen LogP contribution in [0.5, 0.6) is 28.7 Å². The highest BCUT2D eigenvalue weighted by Gasteiger charge is 2.28. The summed E-state index contributed by atoms with van der Waals surface area (Å²) < 4.78 is 27.8. The van der Waals surface area contributed by atoms with Crippen LogP contribution in [0, 0.1) is 4.91 Å². The van der Waals surface area contributed by atoms with E-state index < -0.39 is 0 Å². The summed E-state index contributed by atoms with van der Waals surface area (Å²) in [7, 11) is 7.49. The minimum absolute atomic E-state index is 0.122. The topological polar surface area (TPSA) is 125 Å². The van der Waals surface area contributed by atoms with Crippen LogP contribution in [0.15, 0.2) is 35.5 Å². The van der Waals surface area contributed by atoms with Gasteiger partial charge in [-0.3, -0.25) is 15.5 Å². The fraction of sp³-hybridized carbons (Fsp3) is 0.414. The van der Waals surface area contributed by atoms with Crippen molar-refractivity contribution in [2.24, 2.45) is 5.18 Å². The second-order valence-electron chi connectivity index (χ2n) is 8.94. The highest BCUT2D eigenvalue weighted by molar-refractivity contribution is 8.14. The fourth-order valence-corrected chi connectivity index (χ4v) is 5.82. The Kier molecular flexibility index (Phi) is 11.3. The second kappa shape index (κ2) is 14.6. The summed E-state index contributed by atoms with van der Waals surface area (Å²) in [6.45, 7) is 2.14. The van der Waals surface area contributed by atoms with Crippen LogP contribution < -0.4 is 29.2 Å². The zero-order chi connectivity index (χ0) is 29.2. The van der Waals surface area contributed by atoms with Crippen LogP contribution in [0.3, 0.4) is 0 Å². The first kappa shape index (κ1) is 30.8. The van der Waals surface area contributed by atoms with Crippen LogP contribution in [0.4, 0.5) is 11.4 Å². The smallest absolute Gasteiger partial charge is 0.220 e. The van der Waals surface area contributed by atoms with E-state index in [1.165, 1.54) is 47.7 Å². The van der Waals surface area contributed by atoms with Crippen LogP contribution in [0.1, 0.15) is 60.2 Å². The third-order valence-corrected chi connectivity index (χ3v) is 7.89. The van der Waals surface area contributed by atoms with Gasteiger partial charge in [0.05, 0.1) is 52.0 Å². The average Bonchev–Trinajstić information content (AvgIpc) is 2.99. The molecule has 0 aliphatic rings. The number of unbranched alkanes of at least 4 members (excludes halogenated alkanes) is 3. The molecule has 1 atom stereocenters. The number of thioether (sulfide) groups is 1. The van der Waals surface area contributed by atoms with Crippen molar-refractivity contribution in [3.63, 3.8) is 0 Å². The molecule has 0 fully saturated rings. The molecule has 0 aliphatic heterocycles. The van der Waals surface area contributed by atoms with Crippen molar-refractivity contribution in [2.45, 2.75) is 44.3 Å². The molecule has 10 nitrogen and oxygen atoms in total. The van der Waals surface area contributed by atoms with Gasteiger partial charge < -0.3 is 23.7 Å². The molecule has 0 saturated heterocycles. The first-order chi connectivity index (χ1) is 19.4. The summed E-state index contributed by atoms with van der Waals surface area (Å²) in [6.07, 6.45) is 4.67. The summed E-state index contributed by atoms with van der Waals surface area (Å²) in [4.78, 5) is 25.5. The lowest BCUT2D eigenvalue weighted by Gasteiger charge is -2.23. The molecule has 216 valence electrons. The number of nitrogens with zero attached hydrogens (tertiary/aromatic N) is 1. The Bertz CT molecular complexity index is 1320. The maximum atomic E-state index is 13.7. The van der Waals surface area contributed by atoms with Crippen molar-refractivity contribution in [1.29, 1.82) is 0 Å². The van der Waals surface area contributed by atoms with Gasteiger partial charge in [-0.1, -0.05) is 44.4 Å². The predicted molar refractivity (Wildman–Crippen MR) is 157 cm³/mol. The van der Waals surface area contributed by atoms with Gasteiger partial charge in [0.25, 0.3) is 0 Å². The first-order valence-electron chi connectivity index (χ1n) is 12.9. The standard InChI is InChI=1S/C29H36N2O8S/c1-7-8-9-10-11-24(40-29(32)17-14-22(36-3)28(39-6)23(15-17)37-4)18-16-21(35-2)25-19(30-33)12-13-20(31-34)26(25)27(18)38-5/h12-16,24,30,33H,7-11H2,1-6H3. The molecule has 11 heteroatoms. The summed E-state index contributed by atoms with van der Waals surface area (Å²) in [6, 6.07) is 8.06. The second-order valence-corrected chi connectivity index (χ2v) is 10.1. The van der Waals surface area contributed by atoms with Gasteiger partial charge in [0.1, 0.15) is 17.2 Å². The van der Waals surface area contributed by atoms with Crippen LogP contribution in [0.25, 0.3) is 10.8 Å². The van der Waals surface area contributed by atoms with E-state index in [1.54, 1.807) is 18.2 Å². The lowest BCUT2D eigenvalue weighted by Crippen LogP contribution is -2.06. The van der Waals surface area contributed by atoms with E-state index >= 15 is 0 Å². The van der Waals surface area contributed by atoms with Crippen molar-refractivity contribution in [1.82, 2.24) is 0 Å². The Labute approximate surface area is 238 Å². The van der Waals surface area contributed by atoms with Crippen molar-refractivity contribution in [2.75, 3.05) is 41.0 Å². The molecule has 3 aromatic rings. The summed E-state index contributed by atoms with van der Waals surface area (Å²) >= 11 is 1.14. The van der Waals surface area contributed by atoms with Gasteiger partial charge in [0.2, 0.25) is 10.9 Å². The Balaban J connectivity index is 2.19. The number of methoxy groups -OCH3 is 5. The average molecular weight is 573 g/mol. The van der Waals surface area contributed by atoms with E-state index in [0.29, 0.717) is 62.8 Å². The van der Waals surface area contributed by atoms with Gasteiger partial charge in [-0.25, -0.2) is 0 Å². The Morgan fingerprint density at radius 1 is 0.875 bits per heavy atom. The zero-order valence-electron chi connectivity index (χ0n) is 23.7. The lowest BCUT2D eigenvalue weighted by molar-refractivity contribution is 0.108. The molecular formula is C29H36N2O8S. The Morgan fingerprint density at radius 2 is 1.52 bits per heavy atom. The van der Waals surface area contributed by atoms with Crippen molar-refractivity contribution in [3.8, 4) is 28.7 Å². The molecule has 0 saturated carbocycles. The Morgan fingerprint density at radius 3 is 2.05 bits per heavy atom. The molecule has 3 aromatic carbocycles. The SMILES string of the molecule is CCCCCCC(SC(=O)c1cc(OC)c(OC)c(OC)c1)c1cc(OC)c2c(NO)ccc(N=O)c2c1OC.